The zero-order valence-electron chi connectivity index (χ0n) is 14.9. The van der Waals surface area contributed by atoms with Gasteiger partial charge in [0.05, 0.1) is 5.69 Å². The van der Waals surface area contributed by atoms with E-state index in [0.717, 1.165) is 17.8 Å². The van der Waals surface area contributed by atoms with Crippen molar-refractivity contribution in [1.82, 2.24) is 4.57 Å². The number of nitrogens with zero attached hydrogens (tertiary/aromatic N) is 2. The second-order valence-corrected chi connectivity index (χ2v) is 6.60. The lowest BCUT2D eigenvalue weighted by Gasteiger charge is -2.25. The molecule has 0 fully saturated rings. The summed E-state index contributed by atoms with van der Waals surface area (Å²) in [5.74, 6) is 0. The molecule has 2 rings (SSSR count). The lowest BCUT2D eigenvalue weighted by atomic mass is 10.2. The van der Waals surface area contributed by atoms with Gasteiger partial charge in [-0.15, -0.1) is 0 Å². The lowest BCUT2D eigenvalue weighted by Crippen LogP contribution is -2.34. The van der Waals surface area contributed by atoms with E-state index in [9.17, 15) is 9.59 Å². The van der Waals surface area contributed by atoms with E-state index in [0.29, 0.717) is 5.69 Å². The molecule has 128 valence electrons. The molecule has 0 aliphatic carbocycles. The Labute approximate surface area is 142 Å². The average molecular weight is 328 g/mol. The van der Waals surface area contributed by atoms with Gasteiger partial charge in [-0.3, -0.25) is 14.3 Å². The van der Waals surface area contributed by atoms with Crippen LogP contribution in [-0.4, -0.2) is 23.3 Å². The lowest BCUT2D eigenvalue weighted by molar-refractivity contribution is 0.0589. The third-order valence-electron chi connectivity index (χ3n) is 3.54. The largest absolute Gasteiger partial charge is 0.443 e. The fourth-order valence-electron chi connectivity index (χ4n) is 2.38. The van der Waals surface area contributed by atoms with Gasteiger partial charge >= 0.3 is 6.09 Å². The fraction of sp³-hybridized carbons (Fsp3) is 0.368. The number of anilines is 1. The van der Waals surface area contributed by atoms with E-state index in [1.807, 2.05) is 58.0 Å². The molecule has 0 spiro atoms. The first-order chi connectivity index (χ1) is 11.2. The van der Waals surface area contributed by atoms with Crippen molar-refractivity contribution in [2.45, 2.75) is 39.7 Å². The Bertz CT molecular complexity index is 788. The molecule has 1 amide bonds. The van der Waals surface area contributed by atoms with Gasteiger partial charge in [0, 0.05) is 24.5 Å². The normalized spacial score (nSPS) is 11.2. The number of benzene rings is 1. The van der Waals surface area contributed by atoms with Crippen LogP contribution >= 0.6 is 0 Å². The van der Waals surface area contributed by atoms with E-state index < -0.39 is 11.7 Å². The third kappa shape index (κ3) is 4.04. The summed E-state index contributed by atoms with van der Waals surface area (Å²) in [5.41, 5.74) is 1.66. The second kappa shape index (κ2) is 6.91. The Balaban J connectivity index is 2.40. The second-order valence-electron chi connectivity index (χ2n) is 6.60. The molecule has 24 heavy (non-hydrogen) atoms. The van der Waals surface area contributed by atoms with E-state index in [-0.39, 0.29) is 5.56 Å². The third-order valence-corrected chi connectivity index (χ3v) is 3.54. The monoisotopic (exact) mass is 328 g/mol. The Kier molecular flexibility index (Phi) is 5.12. The minimum absolute atomic E-state index is 0.0913. The molecule has 1 aromatic heterocycles. The minimum Gasteiger partial charge on any atom is -0.443 e. The molecule has 0 radical (unpaired) electrons. The van der Waals surface area contributed by atoms with E-state index in [1.54, 1.807) is 17.7 Å². The van der Waals surface area contributed by atoms with Crippen LogP contribution in [0.25, 0.3) is 5.69 Å². The SMILES string of the molecule is CCc1cccc(=O)n1-c1cccc(N(C)C(=O)OC(C)(C)C)c1. The van der Waals surface area contributed by atoms with Crippen molar-refractivity contribution in [1.29, 1.82) is 0 Å². The number of rotatable bonds is 3. The van der Waals surface area contributed by atoms with Crippen LogP contribution in [-0.2, 0) is 11.2 Å². The number of aromatic nitrogens is 1. The molecule has 1 aromatic carbocycles. The van der Waals surface area contributed by atoms with Gasteiger partial charge in [-0.25, -0.2) is 4.79 Å². The van der Waals surface area contributed by atoms with Crippen LogP contribution in [0.1, 0.15) is 33.4 Å². The molecule has 0 aliphatic heterocycles. The van der Waals surface area contributed by atoms with E-state index in [2.05, 4.69) is 0 Å². The summed E-state index contributed by atoms with van der Waals surface area (Å²) >= 11 is 0. The molecular formula is C19H24N2O3. The molecule has 2 aromatic rings. The molecule has 0 saturated heterocycles. The molecule has 1 heterocycles. The predicted octanol–water partition coefficient (Wildman–Crippen LogP) is 3.77. The van der Waals surface area contributed by atoms with Gasteiger partial charge in [0.15, 0.2) is 0 Å². The van der Waals surface area contributed by atoms with Crippen molar-refractivity contribution in [3.63, 3.8) is 0 Å². The summed E-state index contributed by atoms with van der Waals surface area (Å²) < 4.78 is 7.05. The van der Waals surface area contributed by atoms with Crippen molar-refractivity contribution >= 4 is 11.8 Å². The number of carbonyl (C=O) groups excluding carboxylic acids is 1. The van der Waals surface area contributed by atoms with Crippen molar-refractivity contribution in [2.75, 3.05) is 11.9 Å². The highest BCUT2D eigenvalue weighted by molar-refractivity contribution is 5.87. The maximum absolute atomic E-state index is 12.3. The number of ether oxygens (including phenoxy) is 1. The van der Waals surface area contributed by atoms with Crippen LogP contribution in [0.4, 0.5) is 10.5 Å². The summed E-state index contributed by atoms with van der Waals surface area (Å²) in [7, 11) is 1.65. The fourth-order valence-corrected chi connectivity index (χ4v) is 2.38. The number of hydrogen-bond donors (Lipinski definition) is 0. The van der Waals surface area contributed by atoms with Gasteiger partial charge in [-0.2, -0.15) is 0 Å². The molecule has 0 atom stereocenters. The zero-order chi connectivity index (χ0) is 17.9. The van der Waals surface area contributed by atoms with Crippen LogP contribution in [0.3, 0.4) is 0 Å². The molecule has 0 bridgehead atoms. The highest BCUT2D eigenvalue weighted by Crippen LogP contribution is 2.20. The summed E-state index contributed by atoms with van der Waals surface area (Å²) in [5, 5.41) is 0. The van der Waals surface area contributed by atoms with Gasteiger partial charge < -0.3 is 4.74 Å². The standard InChI is InChI=1S/C19H24N2O3/c1-6-14-9-8-12-17(22)21(14)16-11-7-10-15(13-16)20(5)18(23)24-19(2,3)4/h7-13H,6H2,1-5H3. The summed E-state index contributed by atoms with van der Waals surface area (Å²) in [4.78, 5) is 25.9. The number of amides is 1. The zero-order valence-corrected chi connectivity index (χ0v) is 14.9. The number of carbonyl (C=O) groups is 1. The highest BCUT2D eigenvalue weighted by Gasteiger charge is 2.20. The van der Waals surface area contributed by atoms with Crippen molar-refractivity contribution < 1.29 is 9.53 Å². The van der Waals surface area contributed by atoms with Gasteiger partial charge in [0.2, 0.25) is 0 Å². The maximum atomic E-state index is 12.3. The Morgan fingerprint density at radius 1 is 1.17 bits per heavy atom. The van der Waals surface area contributed by atoms with E-state index in [4.69, 9.17) is 4.74 Å². The molecule has 5 nitrogen and oxygen atoms in total. The van der Waals surface area contributed by atoms with Gasteiger partial charge in [0.25, 0.3) is 5.56 Å². The summed E-state index contributed by atoms with van der Waals surface area (Å²) in [6, 6.07) is 12.5. The molecule has 0 N–H and O–H groups in total. The highest BCUT2D eigenvalue weighted by atomic mass is 16.6. The van der Waals surface area contributed by atoms with E-state index in [1.165, 1.54) is 11.0 Å². The maximum Gasteiger partial charge on any atom is 0.414 e. The predicted molar refractivity (Wildman–Crippen MR) is 96.1 cm³/mol. The first-order valence-electron chi connectivity index (χ1n) is 8.01. The quantitative estimate of drug-likeness (QED) is 0.862. The van der Waals surface area contributed by atoms with Crippen molar-refractivity contribution in [3.05, 3.63) is 58.5 Å². The smallest absolute Gasteiger partial charge is 0.414 e. The molecular weight excluding hydrogens is 304 g/mol. The van der Waals surface area contributed by atoms with Gasteiger partial charge in [-0.05, 0) is 51.5 Å². The molecule has 0 saturated carbocycles. The topological polar surface area (TPSA) is 51.5 Å². The van der Waals surface area contributed by atoms with Crippen LogP contribution in [0.15, 0.2) is 47.3 Å². The number of aryl methyl sites for hydroxylation is 1. The Hall–Kier alpha value is -2.56. The number of hydrogen-bond acceptors (Lipinski definition) is 3. The van der Waals surface area contributed by atoms with Crippen molar-refractivity contribution in [3.8, 4) is 5.69 Å². The first kappa shape index (κ1) is 17.8. The minimum atomic E-state index is -0.561. The van der Waals surface area contributed by atoms with Crippen LogP contribution in [0, 0.1) is 0 Å². The molecule has 0 aliphatic rings. The summed E-state index contributed by atoms with van der Waals surface area (Å²) in [6.45, 7) is 7.48. The number of pyridine rings is 1. The molecule has 5 heteroatoms. The van der Waals surface area contributed by atoms with Crippen molar-refractivity contribution in [2.24, 2.45) is 0 Å². The van der Waals surface area contributed by atoms with Gasteiger partial charge in [-0.1, -0.05) is 19.1 Å². The molecule has 0 unspecified atom stereocenters. The van der Waals surface area contributed by atoms with Crippen LogP contribution in [0.2, 0.25) is 0 Å². The first-order valence-corrected chi connectivity index (χ1v) is 8.01. The summed E-state index contributed by atoms with van der Waals surface area (Å²) in [6.07, 6.45) is 0.304. The van der Waals surface area contributed by atoms with Crippen LogP contribution < -0.4 is 10.5 Å². The Morgan fingerprint density at radius 3 is 2.46 bits per heavy atom. The average Bonchev–Trinajstić information content (AvgIpc) is 2.52. The van der Waals surface area contributed by atoms with Crippen LogP contribution in [0.5, 0.6) is 0 Å². The van der Waals surface area contributed by atoms with Gasteiger partial charge in [0.1, 0.15) is 5.60 Å². The Morgan fingerprint density at radius 2 is 1.83 bits per heavy atom. The van der Waals surface area contributed by atoms with E-state index >= 15 is 0 Å².